The molecule has 0 aromatic heterocycles. The summed E-state index contributed by atoms with van der Waals surface area (Å²) < 4.78 is 0.827. The van der Waals surface area contributed by atoms with Gasteiger partial charge in [0.2, 0.25) is 0 Å². The summed E-state index contributed by atoms with van der Waals surface area (Å²) in [6, 6.07) is 6.09. The SMILES string of the molecule is CN1CCCC2CN(C(=O)c3ccc(Br)c(Cl)c3)CCC21. The fourth-order valence-corrected chi connectivity index (χ4v) is 4.08. The highest BCUT2D eigenvalue weighted by Crippen LogP contribution is 2.31. The molecule has 3 rings (SSSR count). The zero-order valence-corrected chi connectivity index (χ0v) is 14.5. The first-order valence-corrected chi connectivity index (χ1v) is 8.68. The van der Waals surface area contributed by atoms with E-state index >= 15 is 0 Å². The third-order valence-corrected chi connectivity index (χ3v) is 6.03. The summed E-state index contributed by atoms with van der Waals surface area (Å²) in [7, 11) is 2.21. The third-order valence-electron chi connectivity index (χ3n) is 4.80. The van der Waals surface area contributed by atoms with Gasteiger partial charge in [-0.3, -0.25) is 4.79 Å². The number of fused-ring (bicyclic) bond motifs is 1. The molecule has 0 saturated carbocycles. The Kier molecular flexibility index (Phi) is 4.57. The quantitative estimate of drug-likeness (QED) is 0.752. The summed E-state index contributed by atoms with van der Waals surface area (Å²) in [6.07, 6.45) is 3.56. The number of carbonyl (C=O) groups excluding carboxylic acids is 1. The fraction of sp³-hybridized carbons (Fsp3) is 0.562. The van der Waals surface area contributed by atoms with E-state index in [1.54, 1.807) is 6.07 Å². The van der Waals surface area contributed by atoms with Gasteiger partial charge in [-0.2, -0.15) is 0 Å². The number of rotatable bonds is 1. The maximum absolute atomic E-state index is 12.7. The molecule has 0 N–H and O–H groups in total. The minimum Gasteiger partial charge on any atom is -0.338 e. The average molecular weight is 372 g/mol. The lowest BCUT2D eigenvalue weighted by Gasteiger charge is -2.46. The van der Waals surface area contributed by atoms with Crippen LogP contribution in [0.1, 0.15) is 29.6 Å². The van der Waals surface area contributed by atoms with Crippen LogP contribution in [0.15, 0.2) is 22.7 Å². The Hall–Kier alpha value is -0.580. The number of halogens is 2. The van der Waals surface area contributed by atoms with Crippen molar-refractivity contribution in [2.45, 2.75) is 25.3 Å². The van der Waals surface area contributed by atoms with Crippen molar-refractivity contribution in [1.82, 2.24) is 9.80 Å². The summed E-state index contributed by atoms with van der Waals surface area (Å²) in [4.78, 5) is 17.1. The molecule has 2 fully saturated rings. The van der Waals surface area contributed by atoms with Crippen LogP contribution < -0.4 is 0 Å². The molecule has 1 aromatic carbocycles. The van der Waals surface area contributed by atoms with Crippen LogP contribution in [0.4, 0.5) is 0 Å². The largest absolute Gasteiger partial charge is 0.338 e. The van der Waals surface area contributed by atoms with Gasteiger partial charge in [0, 0.05) is 29.2 Å². The Bertz CT molecular complexity index is 551. The zero-order chi connectivity index (χ0) is 15.0. The van der Waals surface area contributed by atoms with Gasteiger partial charge in [-0.1, -0.05) is 11.6 Å². The van der Waals surface area contributed by atoms with Crippen molar-refractivity contribution in [1.29, 1.82) is 0 Å². The zero-order valence-electron chi connectivity index (χ0n) is 12.2. The smallest absolute Gasteiger partial charge is 0.253 e. The number of likely N-dealkylation sites (tertiary alicyclic amines) is 2. The molecule has 2 unspecified atom stereocenters. The van der Waals surface area contributed by atoms with Crippen LogP contribution in [-0.4, -0.2) is 48.4 Å². The average Bonchev–Trinajstić information content (AvgIpc) is 2.49. The molecule has 2 atom stereocenters. The van der Waals surface area contributed by atoms with E-state index in [0.29, 0.717) is 22.5 Å². The topological polar surface area (TPSA) is 23.6 Å². The van der Waals surface area contributed by atoms with E-state index < -0.39 is 0 Å². The number of piperidine rings is 2. The first kappa shape index (κ1) is 15.3. The predicted octanol–water partition coefficient (Wildman–Crippen LogP) is 3.66. The van der Waals surface area contributed by atoms with Crippen LogP contribution in [0.25, 0.3) is 0 Å². The first-order valence-electron chi connectivity index (χ1n) is 7.51. The van der Waals surface area contributed by atoms with E-state index in [4.69, 9.17) is 11.6 Å². The predicted molar refractivity (Wildman–Crippen MR) is 88.8 cm³/mol. The lowest BCUT2D eigenvalue weighted by atomic mass is 9.84. The van der Waals surface area contributed by atoms with E-state index in [0.717, 1.165) is 24.0 Å². The van der Waals surface area contributed by atoms with Crippen LogP contribution in [0.2, 0.25) is 5.02 Å². The molecule has 2 aliphatic heterocycles. The van der Waals surface area contributed by atoms with Gasteiger partial charge in [0.1, 0.15) is 0 Å². The van der Waals surface area contributed by atoms with Crippen molar-refractivity contribution in [3.8, 4) is 0 Å². The Labute approximate surface area is 139 Å². The van der Waals surface area contributed by atoms with Gasteiger partial charge >= 0.3 is 0 Å². The van der Waals surface area contributed by atoms with Crippen LogP contribution in [0, 0.1) is 5.92 Å². The number of carbonyl (C=O) groups is 1. The summed E-state index contributed by atoms with van der Waals surface area (Å²) in [5, 5.41) is 0.591. The molecular weight excluding hydrogens is 352 g/mol. The van der Waals surface area contributed by atoms with E-state index in [1.165, 1.54) is 19.4 Å². The Morgan fingerprint density at radius 3 is 2.90 bits per heavy atom. The summed E-state index contributed by atoms with van der Waals surface area (Å²) in [5.74, 6) is 0.725. The van der Waals surface area contributed by atoms with E-state index in [1.807, 2.05) is 17.0 Å². The Morgan fingerprint density at radius 1 is 1.33 bits per heavy atom. The van der Waals surface area contributed by atoms with Crippen molar-refractivity contribution < 1.29 is 4.79 Å². The maximum atomic E-state index is 12.7. The van der Waals surface area contributed by atoms with Crippen LogP contribution >= 0.6 is 27.5 Å². The first-order chi connectivity index (χ1) is 10.1. The fourth-order valence-electron chi connectivity index (χ4n) is 3.65. The van der Waals surface area contributed by atoms with Gasteiger partial charge in [0.25, 0.3) is 5.91 Å². The highest BCUT2D eigenvalue weighted by atomic mass is 79.9. The van der Waals surface area contributed by atoms with Crippen molar-refractivity contribution in [3.05, 3.63) is 33.3 Å². The highest BCUT2D eigenvalue weighted by molar-refractivity contribution is 9.10. The Balaban J connectivity index is 1.72. The molecule has 1 aromatic rings. The van der Waals surface area contributed by atoms with Gasteiger partial charge < -0.3 is 9.80 Å². The van der Waals surface area contributed by atoms with Gasteiger partial charge in [0.05, 0.1) is 5.02 Å². The van der Waals surface area contributed by atoms with Gasteiger partial charge in [-0.05, 0) is 72.9 Å². The molecule has 0 bridgehead atoms. The molecule has 0 aliphatic carbocycles. The molecule has 3 nitrogen and oxygen atoms in total. The summed E-state index contributed by atoms with van der Waals surface area (Å²) >= 11 is 9.47. The molecule has 2 saturated heterocycles. The molecular formula is C16H20BrClN2O. The molecule has 0 radical (unpaired) electrons. The summed E-state index contributed by atoms with van der Waals surface area (Å²) in [6.45, 7) is 2.91. The Morgan fingerprint density at radius 2 is 2.14 bits per heavy atom. The second kappa shape index (κ2) is 6.27. The van der Waals surface area contributed by atoms with Gasteiger partial charge in [-0.25, -0.2) is 0 Å². The number of nitrogens with zero attached hydrogens (tertiary/aromatic N) is 2. The van der Waals surface area contributed by atoms with E-state index in [-0.39, 0.29) is 5.91 Å². The van der Waals surface area contributed by atoms with Crippen molar-refractivity contribution in [2.24, 2.45) is 5.92 Å². The molecule has 2 heterocycles. The molecule has 21 heavy (non-hydrogen) atoms. The molecule has 5 heteroatoms. The van der Waals surface area contributed by atoms with Gasteiger partial charge in [0.15, 0.2) is 0 Å². The minimum absolute atomic E-state index is 0.107. The van der Waals surface area contributed by atoms with Crippen molar-refractivity contribution >= 4 is 33.4 Å². The monoisotopic (exact) mass is 370 g/mol. The lowest BCUT2D eigenvalue weighted by molar-refractivity contribution is 0.0317. The van der Waals surface area contributed by atoms with Crippen LogP contribution in [0.5, 0.6) is 0 Å². The number of benzene rings is 1. The lowest BCUT2D eigenvalue weighted by Crippen LogP contribution is -2.53. The van der Waals surface area contributed by atoms with Crippen molar-refractivity contribution in [2.75, 3.05) is 26.7 Å². The minimum atomic E-state index is 0.107. The van der Waals surface area contributed by atoms with Gasteiger partial charge in [-0.15, -0.1) is 0 Å². The van der Waals surface area contributed by atoms with Crippen LogP contribution in [0.3, 0.4) is 0 Å². The maximum Gasteiger partial charge on any atom is 0.253 e. The second-order valence-electron chi connectivity index (χ2n) is 6.12. The number of hydrogen-bond acceptors (Lipinski definition) is 2. The molecule has 0 spiro atoms. The second-order valence-corrected chi connectivity index (χ2v) is 7.38. The molecule has 114 valence electrons. The third kappa shape index (κ3) is 3.13. The standard InChI is InChI=1S/C16H20BrClN2O/c1-19-7-2-3-12-10-20(8-6-15(12)19)16(21)11-4-5-13(17)14(18)9-11/h4-5,9,12,15H,2-3,6-8,10H2,1H3. The summed E-state index contributed by atoms with van der Waals surface area (Å²) in [5.41, 5.74) is 0.686. The molecule has 2 aliphatic rings. The normalized spacial score (nSPS) is 26.5. The number of amides is 1. The van der Waals surface area contributed by atoms with E-state index in [2.05, 4.69) is 27.9 Å². The van der Waals surface area contributed by atoms with Crippen LogP contribution in [-0.2, 0) is 0 Å². The number of hydrogen-bond donors (Lipinski definition) is 0. The molecule has 1 amide bonds. The van der Waals surface area contributed by atoms with Crippen molar-refractivity contribution in [3.63, 3.8) is 0 Å². The van der Waals surface area contributed by atoms with E-state index in [9.17, 15) is 4.79 Å². The highest BCUT2D eigenvalue weighted by Gasteiger charge is 2.35.